The van der Waals surface area contributed by atoms with Gasteiger partial charge in [-0.1, -0.05) is 55.5 Å². The molecule has 1 aromatic heterocycles. The van der Waals surface area contributed by atoms with Gasteiger partial charge in [0.1, 0.15) is 4.70 Å². The van der Waals surface area contributed by atoms with Gasteiger partial charge in [0.15, 0.2) is 6.54 Å². The van der Waals surface area contributed by atoms with E-state index in [1.54, 1.807) is 11.3 Å². The van der Waals surface area contributed by atoms with Gasteiger partial charge in [-0.05, 0) is 36.3 Å². The van der Waals surface area contributed by atoms with E-state index in [1.165, 1.54) is 16.9 Å². The van der Waals surface area contributed by atoms with Crippen molar-refractivity contribution in [2.45, 2.75) is 39.2 Å². The molecule has 1 aliphatic rings. The molecule has 1 aliphatic heterocycles. The molecule has 0 radical (unpaired) electrons. The maximum Gasteiger partial charge on any atom is 0.262 e. The Bertz CT molecular complexity index is 1330. The van der Waals surface area contributed by atoms with Crippen molar-refractivity contribution < 1.29 is 17.5 Å². The molecule has 0 atom stereocenters. The van der Waals surface area contributed by atoms with E-state index in [2.05, 4.69) is 91.1 Å². The molecule has 0 aliphatic carbocycles. The Kier molecular flexibility index (Phi) is 6.00. The summed E-state index contributed by atoms with van der Waals surface area (Å²) in [7, 11) is -2.12. The number of aromatic nitrogens is 1. The first kappa shape index (κ1) is 22.7. The lowest BCUT2D eigenvalue weighted by Crippen LogP contribution is -2.36. The Balaban J connectivity index is 1.67. The van der Waals surface area contributed by atoms with Gasteiger partial charge >= 0.3 is 0 Å². The normalized spacial score (nSPS) is 17.0. The molecule has 0 fully saturated rings. The topological polar surface area (TPSA) is 64.3 Å². The van der Waals surface area contributed by atoms with Gasteiger partial charge < -0.3 is 9.45 Å². The quantitative estimate of drug-likeness (QED) is 0.387. The van der Waals surface area contributed by atoms with Crippen LogP contribution in [-0.4, -0.2) is 25.8 Å². The van der Waals surface area contributed by atoms with Gasteiger partial charge in [-0.2, -0.15) is 4.57 Å². The monoisotopic (exact) mass is 468 g/mol. The van der Waals surface area contributed by atoms with Gasteiger partial charge in [-0.3, -0.25) is 0 Å². The van der Waals surface area contributed by atoms with Crippen LogP contribution in [0, 0.1) is 6.92 Å². The predicted molar refractivity (Wildman–Crippen MR) is 131 cm³/mol. The van der Waals surface area contributed by atoms with Crippen molar-refractivity contribution in [3.63, 3.8) is 0 Å². The zero-order valence-electron chi connectivity index (χ0n) is 18.8. The fourth-order valence-corrected chi connectivity index (χ4v) is 6.05. The molecule has 168 valence electrons. The second kappa shape index (κ2) is 8.46. The second-order valence-corrected chi connectivity index (χ2v) is 11.4. The van der Waals surface area contributed by atoms with Crippen LogP contribution < -0.4 is 9.47 Å². The average molecular weight is 469 g/mol. The number of thiazole rings is 1. The summed E-state index contributed by atoms with van der Waals surface area (Å²) in [6, 6.07) is 14.8. The van der Waals surface area contributed by atoms with Gasteiger partial charge in [0.2, 0.25) is 5.52 Å². The van der Waals surface area contributed by atoms with Crippen LogP contribution in [-0.2, 0) is 22.1 Å². The van der Waals surface area contributed by atoms with Gasteiger partial charge in [0, 0.05) is 48.2 Å². The SMILES string of the molecule is Cc1ccc2sc(C=CC=C3N(C)c4ccccc4C3(C)C)[n+](CCCS(=O)(=O)[O-])c2c1. The van der Waals surface area contributed by atoms with Crippen LogP contribution in [0.15, 0.2) is 60.3 Å². The van der Waals surface area contributed by atoms with Crippen molar-refractivity contribution in [1.29, 1.82) is 0 Å². The molecule has 2 aromatic carbocycles. The number of aryl methyl sites for hydroxylation is 2. The molecule has 0 amide bonds. The third-order valence-electron chi connectivity index (χ3n) is 6.10. The second-order valence-electron chi connectivity index (χ2n) is 8.79. The lowest BCUT2D eigenvalue weighted by atomic mass is 9.84. The van der Waals surface area contributed by atoms with E-state index in [0.717, 1.165) is 20.8 Å². The number of allylic oxidation sites excluding steroid dienone is 3. The minimum atomic E-state index is -4.22. The minimum absolute atomic E-state index is 0.0918. The summed E-state index contributed by atoms with van der Waals surface area (Å²) in [6.45, 7) is 7.00. The number of anilines is 1. The molecule has 32 heavy (non-hydrogen) atoms. The standard InChI is InChI=1S/C25H28N2O3S2/c1-18-13-14-22-21(17-18)27(15-8-16-32(28,29)30)24(31-22)12-7-11-23-25(2,3)19-9-5-6-10-20(19)26(23)4/h5-7,9-14,17H,8,15-16H2,1-4H3. The minimum Gasteiger partial charge on any atom is -0.748 e. The highest BCUT2D eigenvalue weighted by Gasteiger charge is 2.37. The van der Waals surface area contributed by atoms with E-state index < -0.39 is 10.1 Å². The van der Waals surface area contributed by atoms with Crippen molar-refractivity contribution in [2.75, 3.05) is 17.7 Å². The summed E-state index contributed by atoms with van der Waals surface area (Å²) in [6.07, 6.45) is 6.59. The third kappa shape index (κ3) is 4.37. The Morgan fingerprint density at radius 1 is 1.19 bits per heavy atom. The summed E-state index contributed by atoms with van der Waals surface area (Å²) in [4.78, 5) is 2.24. The molecule has 0 bridgehead atoms. The van der Waals surface area contributed by atoms with Gasteiger partial charge in [0.05, 0.1) is 10.1 Å². The molecule has 7 heteroatoms. The summed E-state index contributed by atoms with van der Waals surface area (Å²) in [5.41, 5.74) is 5.88. The molecule has 0 saturated carbocycles. The Labute approximate surface area is 194 Å². The van der Waals surface area contributed by atoms with Crippen molar-refractivity contribution in [3.8, 4) is 0 Å². The van der Waals surface area contributed by atoms with E-state index in [1.807, 2.05) is 6.92 Å². The molecule has 0 unspecified atom stereocenters. The molecule has 3 aromatic rings. The Morgan fingerprint density at radius 2 is 1.94 bits per heavy atom. The van der Waals surface area contributed by atoms with Crippen LogP contribution in [0.2, 0.25) is 0 Å². The zero-order chi connectivity index (χ0) is 23.1. The number of hydrogen-bond donors (Lipinski definition) is 0. The first-order valence-corrected chi connectivity index (χ1v) is 13.1. The highest BCUT2D eigenvalue weighted by molar-refractivity contribution is 7.85. The van der Waals surface area contributed by atoms with E-state index in [4.69, 9.17) is 0 Å². The number of nitrogens with zero attached hydrogens (tertiary/aromatic N) is 2. The fraction of sp³-hybridized carbons (Fsp3) is 0.320. The zero-order valence-corrected chi connectivity index (χ0v) is 20.5. The van der Waals surface area contributed by atoms with Gasteiger partial charge in [-0.25, -0.2) is 8.42 Å². The van der Waals surface area contributed by atoms with E-state index in [-0.39, 0.29) is 11.2 Å². The number of likely N-dealkylation sites (N-methyl/N-ethyl adjacent to an activating group) is 1. The molecule has 0 N–H and O–H groups in total. The third-order valence-corrected chi connectivity index (χ3v) is 8.01. The predicted octanol–water partition coefficient (Wildman–Crippen LogP) is 4.76. The van der Waals surface area contributed by atoms with Crippen LogP contribution in [0.4, 0.5) is 5.69 Å². The molecular weight excluding hydrogens is 440 g/mol. The van der Waals surface area contributed by atoms with Crippen molar-refractivity contribution >= 4 is 43.4 Å². The van der Waals surface area contributed by atoms with Gasteiger partial charge in [-0.15, -0.1) is 0 Å². The Morgan fingerprint density at radius 3 is 2.66 bits per heavy atom. The molecule has 0 spiro atoms. The number of hydrogen-bond acceptors (Lipinski definition) is 5. The van der Waals surface area contributed by atoms with Crippen LogP contribution in [0.1, 0.15) is 36.4 Å². The highest BCUT2D eigenvalue weighted by Crippen LogP contribution is 2.46. The first-order chi connectivity index (χ1) is 15.1. The van der Waals surface area contributed by atoms with E-state index >= 15 is 0 Å². The van der Waals surface area contributed by atoms with Crippen molar-refractivity contribution in [2.24, 2.45) is 0 Å². The number of para-hydroxylation sites is 1. The largest absolute Gasteiger partial charge is 0.748 e. The summed E-state index contributed by atoms with van der Waals surface area (Å²) < 4.78 is 36.5. The lowest BCUT2D eigenvalue weighted by Gasteiger charge is -2.23. The Hall–Kier alpha value is -2.48. The van der Waals surface area contributed by atoms with Crippen LogP contribution in [0.3, 0.4) is 0 Å². The fourth-order valence-electron chi connectivity index (χ4n) is 4.49. The lowest BCUT2D eigenvalue weighted by molar-refractivity contribution is -0.668. The maximum atomic E-state index is 11.1. The first-order valence-electron chi connectivity index (χ1n) is 10.7. The number of benzene rings is 2. The van der Waals surface area contributed by atoms with E-state index in [0.29, 0.717) is 13.0 Å². The molecule has 2 heterocycles. The summed E-state index contributed by atoms with van der Waals surface area (Å²) in [5, 5.41) is 1.03. The summed E-state index contributed by atoms with van der Waals surface area (Å²) >= 11 is 1.67. The molecule has 5 nitrogen and oxygen atoms in total. The van der Waals surface area contributed by atoms with Gasteiger partial charge in [0.25, 0.3) is 5.01 Å². The van der Waals surface area contributed by atoms with Crippen LogP contribution in [0.25, 0.3) is 16.3 Å². The van der Waals surface area contributed by atoms with Crippen LogP contribution >= 0.6 is 11.3 Å². The highest BCUT2D eigenvalue weighted by atomic mass is 32.2. The number of rotatable bonds is 6. The molecule has 4 rings (SSSR count). The van der Waals surface area contributed by atoms with E-state index in [9.17, 15) is 13.0 Å². The van der Waals surface area contributed by atoms with Crippen molar-refractivity contribution in [3.05, 3.63) is 76.4 Å². The molecule has 0 saturated heterocycles. The van der Waals surface area contributed by atoms with Crippen molar-refractivity contribution in [1.82, 2.24) is 0 Å². The maximum absolute atomic E-state index is 11.1. The smallest absolute Gasteiger partial charge is 0.262 e. The van der Waals surface area contributed by atoms with Crippen LogP contribution in [0.5, 0.6) is 0 Å². The summed E-state index contributed by atoms with van der Waals surface area (Å²) in [5.74, 6) is -0.354. The average Bonchev–Trinajstić information content (AvgIpc) is 3.15. The number of fused-ring (bicyclic) bond motifs is 2. The molecular formula is C25H28N2O3S2.